The van der Waals surface area contributed by atoms with Crippen LogP contribution in [0.25, 0.3) is 11.2 Å². The van der Waals surface area contributed by atoms with Gasteiger partial charge in [0.15, 0.2) is 21.3 Å². The maximum Gasteiger partial charge on any atom is 0.183 e. The van der Waals surface area contributed by atoms with Crippen molar-refractivity contribution in [1.82, 2.24) is 19.9 Å². The van der Waals surface area contributed by atoms with E-state index in [-0.39, 0.29) is 17.5 Å². The lowest BCUT2D eigenvalue weighted by molar-refractivity contribution is 0.600. The molecule has 3 rings (SSSR count). The smallest absolute Gasteiger partial charge is 0.183 e. The van der Waals surface area contributed by atoms with Gasteiger partial charge in [0.05, 0.1) is 11.5 Å². The first kappa shape index (κ1) is 12.3. The minimum absolute atomic E-state index is 0.0355. The van der Waals surface area contributed by atoms with E-state index in [1.54, 1.807) is 0 Å². The van der Waals surface area contributed by atoms with E-state index < -0.39 is 9.84 Å². The van der Waals surface area contributed by atoms with Gasteiger partial charge in [0, 0.05) is 13.1 Å². The maximum atomic E-state index is 11.6. The lowest BCUT2D eigenvalue weighted by Crippen LogP contribution is -2.33. The fraction of sp³-hybridized carbons (Fsp3) is 0.545. The zero-order valence-corrected chi connectivity index (χ0v) is 11.6. The van der Waals surface area contributed by atoms with Gasteiger partial charge in [0.1, 0.15) is 17.7 Å². The van der Waals surface area contributed by atoms with Crippen molar-refractivity contribution in [3.8, 4) is 0 Å². The summed E-state index contributed by atoms with van der Waals surface area (Å²) in [6, 6.07) is -0.0355. The van der Waals surface area contributed by atoms with Crippen molar-refractivity contribution in [3.05, 3.63) is 12.2 Å². The lowest BCUT2D eigenvalue weighted by Gasteiger charge is -2.24. The molecule has 3 heterocycles. The van der Waals surface area contributed by atoms with Gasteiger partial charge in [-0.05, 0) is 13.3 Å². The molecule has 1 N–H and O–H groups in total. The van der Waals surface area contributed by atoms with E-state index in [4.69, 9.17) is 0 Å². The largest absolute Gasteiger partial charge is 0.354 e. The van der Waals surface area contributed by atoms with Crippen molar-refractivity contribution in [3.63, 3.8) is 0 Å². The number of imidazole rings is 1. The summed E-state index contributed by atoms with van der Waals surface area (Å²) in [5.74, 6) is 1.90. The van der Waals surface area contributed by atoms with Crippen LogP contribution in [-0.2, 0) is 9.84 Å². The molecule has 0 unspecified atom stereocenters. The Morgan fingerprint density at radius 2 is 2.21 bits per heavy atom. The normalized spacial score (nSPS) is 21.9. The predicted molar refractivity (Wildman–Crippen MR) is 71.9 cm³/mol. The fourth-order valence-corrected chi connectivity index (χ4v) is 4.23. The van der Waals surface area contributed by atoms with E-state index in [0.717, 1.165) is 11.3 Å². The van der Waals surface area contributed by atoms with Gasteiger partial charge in [-0.2, -0.15) is 0 Å². The van der Waals surface area contributed by atoms with Crippen molar-refractivity contribution in [2.75, 3.05) is 23.5 Å². The number of nitrogens with one attached hydrogen (secondary N) is 1. The van der Waals surface area contributed by atoms with Crippen LogP contribution in [0.15, 0.2) is 6.33 Å². The highest BCUT2D eigenvalue weighted by Crippen LogP contribution is 2.25. The van der Waals surface area contributed by atoms with Gasteiger partial charge in [0.2, 0.25) is 0 Å². The number of aromatic amines is 1. The highest BCUT2D eigenvalue weighted by molar-refractivity contribution is 7.91. The lowest BCUT2D eigenvalue weighted by atomic mass is 10.2. The predicted octanol–water partition coefficient (Wildman–Crippen LogP) is 0.285. The molecule has 1 aliphatic heterocycles. The number of aryl methyl sites for hydroxylation is 1. The highest BCUT2D eigenvalue weighted by Gasteiger charge is 2.32. The second kappa shape index (κ2) is 4.16. The Hall–Kier alpha value is -1.70. The minimum atomic E-state index is -2.91. The van der Waals surface area contributed by atoms with Crippen LogP contribution >= 0.6 is 0 Å². The Morgan fingerprint density at radius 3 is 2.89 bits per heavy atom. The quantitative estimate of drug-likeness (QED) is 0.850. The first-order chi connectivity index (χ1) is 8.96. The second-order valence-corrected chi connectivity index (χ2v) is 7.11. The molecule has 0 amide bonds. The first-order valence-electron chi connectivity index (χ1n) is 6.07. The SMILES string of the molecule is Cc1nc2ncnc(N(C)[C@@H]3CCS(=O)(=O)C3)c2[nH]1. The Labute approximate surface area is 111 Å². The Morgan fingerprint density at radius 1 is 1.42 bits per heavy atom. The number of nitrogens with zero attached hydrogens (tertiary/aromatic N) is 4. The molecule has 0 aliphatic carbocycles. The number of aromatic nitrogens is 4. The van der Waals surface area contributed by atoms with Gasteiger partial charge in [-0.25, -0.2) is 23.4 Å². The van der Waals surface area contributed by atoms with Crippen LogP contribution in [0.1, 0.15) is 12.2 Å². The van der Waals surface area contributed by atoms with Crippen LogP contribution < -0.4 is 4.90 Å². The molecule has 0 spiro atoms. The van der Waals surface area contributed by atoms with Gasteiger partial charge in [-0.1, -0.05) is 0 Å². The summed E-state index contributed by atoms with van der Waals surface area (Å²) in [6.07, 6.45) is 2.09. The van der Waals surface area contributed by atoms with Crippen LogP contribution in [0, 0.1) is 6.92 Å². The van der Waals surface area contributed by atoms with Gasteiger partial charge in [-0.3, -0.25) is 0 Å². The third kappa shape index (κ3) is 2.16. The van der Waals surface area contributed by atoms with Crippen molar-refractivity contribution >= 4 is 26.8 Å². The van der Waals surface area contributed by atoms with Crippen LogP contribution in [-0.4, -0.2) is 52.9 Å². The van der Waals surface area contributed by atoms with Crippen LogP contribution in [0.3, 0.4) is 0 Å². The number of hydrogen-bond donors (Lipinski definition) is 1. The van der Waals surface area contributed by atoms with Crippen molar-refractivity contribution in [2.45, 2.75) is 19.4 Å². The van der Waals surface area contributed by atoms with E-state index in [0.29, 0.717) is 17.9 Å². The Kier molecular flexibility index (Phi) is 2.70. The Balaban J connectivity index is 2.00. The van der Waals surface area contributed by atoms with Gasteiger partial charge >= 0.3 is 0 Å². The zero-order valence-electron chi connectivity index (χ0n) is 10.8. The van der Waals surface area contributed by atoms with Crippen molar-refractivity contribution < 1.29 is 8.42 Å². The monoisotopic (exact) mass is 281 g/mol. The van der Waals surface area contributed by atoms with E-state index in [9.17, 15) is 8.42 Å². The molecule has 2 aromatic rings. The molecule has 0 bridgehead atoms. The molecule has 7 nitrogen and oxygen atoms in total. The molecular weight excluding hydrogens is 266 g/mol. The van der Waals surface area contributed by atoms with Gasteiger partial charge < -0.3 is 9.88 Å². The molecule has 8 heteroatoms. The van der Waals surface area contributed by atoms with Crippen LogP contribution in [0.2, 0.25) is 0 Å². The standard InChI is InChI=1S/C11H15N5O2S/c1-7-14-9-10(15-7)12-6-13-11(9)16(2)8-3-4-19(17,18)5-8/h6,8H,3-5H2,1-2H3,(H,12,13,14,15)/t8-/m1/s1. The summed E-state index contributed by atoms with van der Waals surface area (Å²) in [5, 5.41) is 0. The third-order valence-corrected chi connectivity index (χ3v) is 5.23. The summed E-state index contributed by atoms with van der Waals surface area (Å²) in [7, 11) is -1.04. The van der Waals surface area contributed by atoms with Crippen LogP contribution in [0.5, 0.6) is 0 Å². The minimum Gasteiger partial charge on any atom is -0.354 e. The number of hydrogen-bond acceptors (Lipinski definition) is 6. The first-order valence-corrected chi connectivity index (χ1v) is 7.89. The molecule has 1 atom stereocenters. The molecule has 0 saturated carbocycles. The average Bonchev–Trinajstić information content (AvgIpc) is 2.89. The average molecular weight is 281 g/mol. The van der Waals surface area contributed by atoms with Crippen LogP contribution in [0.4, 0.5) is 5.82 Å². The molecule has 19 heavy (non-hydrogen) atoms. The highest BCUT2D eigenvalue weighted by atomic mass is 32.2. The number of fused-ring (bicyclic) bond motifs is 1. The molecule has 2 aromatic heterocycles. The zero-order chi connectivity index (χ0) is 13.6. The molecular formula is C11H15N5O2S. The fourth-order valence-electron chi connectivity index (χ4n) is 2.45. The van der Waals surface area contributed by atoms with Crippen molar-refractivity contribution in [1.29, 1.82) is 0 Å². The molecule has 1 fully saturated rings. The molecule has 1 saturated heterocycles. The molecule has 1 aliphatic rings. The topological polar surface area (TPSA) is 91.8 Å². The van der Waals surface area contributed by atoms with E-state index in [1.165, 1.54) is 6.33 Å². The number of sulfone groups is 1. The summed E-state index contributed by atoms with van der Waals surface area (Å²) in [6.45, 7) is 1.85. The number of H-pyrrole nitrogens is 1. The second-order valence-electron chi connectivity index (χ2n) is 4.89. The summed E-state index contributed by atoms with van der Waals surface area (Å²) in [4.78, 5) is 17.7. The van der Waals surface area contributed by atoms with Gasteiger partial charge in [-0.15, -0.1) is 0 Å². The number of rotatable bonds is 2. The van der Waals surface area contributed by atoms with E-state index >= 15 is 0 Å². The summed E-state index contributed by atoms with van der Waals surface area (Å²) in [5.41, 5.74) is 1.36. The molecule has 0 aromatic carbocycles. The molecule has 102 valence electrons. The maximum absolute atomic E-state index is 11.6. The summed E-state index contributed by atoms with van der Waals surface area (Å²) >= 11 is 0. The number of anilines is 1. The van der Waals surface area contributed by atoms with E-state index in [2.05, 4.69) is 19.9 Å². The van der Waals surface area contributed by atoms with Gasteiger partial charge in [0.25, 0.3) is 0 Å². The third-order valence-electron chi connectivity index (χ3n) is 3.48. The van der Waals surface area contributed by atoms with Crippen molar-refractivity contribution in [2.24, 2.45) is 0 Å². The Bertz CT molecular complexity index is 724. The molecule has 0 radical (unpaired) electrons. The summed E-state index contributed by atoms with van der Waals surface area (Å²) < 4.78 is 23.1. The van der Waals surface area contributed by atoms with E-state index in [1.807, 2.05) is 18.9 Å².